The molecule has 0 unspecified atom stereocenters. The first-order valence-corrected chi connectivity index (χ1v) is 9.51. The highest BCUT2D eigenvalue weighted by Crippen LogP contribution is 2.30. The minimum atomic E-state index is 0.306. The van der Waals surface area contributed by atoms with Crippen molar-refractivity contribution in [2.24, 2.45) is 0 Å². The van der Waals surface area contributed by atoms with Crippen LogP contribution in [0.2, 0.25) is 10.0 Å². The average Bonchev–Trinajstić information content (AvgIpc) is 3.11. The molecule has 3 rings (SSSR count). The van der Waals surface area contributed by atoms with Gasteiger partial charge in [-0.05, 0) is 44.4 Å². The van der Waals surface area contributed by atoms with Gasteiger partial charge in [-0.3, -0.25) is 0 Å². The minimum Gasteiger partial charge on any atom is -0.376 e. The van der Waals surface area contributed by atoms with Crippen molar-refractivity contribution in [2.45, 2.75) is 50.2 Å². The zero-order valence-corrected chi connectivity index (χ0v) is 15.6. The maximum absolute atomic E-state index is 6.26. The van der Waals surface area contributed by atoms with E-state index in [0.29, 0.717) is 16.1 Å². The molecule has 124 valence electrons. The number of thioether (sulfide) groups is 1. The van der Waals surface area contributed by atoms with E-state index in [9.17, 15) is 0 Å². The van der Waals surface area contributed by atoms with Gasteiger partial charge in [-0.1, -0.05) is 41.0 Å². The summed E-state index contributed by atoms with van der Waals surface area (Å²) in [6, 6.07) is 5.64. The molecule has 1 aromatic carbocycles. The summed E-state index contributed by atoms with van der Waals surface area (Å²) >= 11 is 13.9. The van der Waals surface area contributed by atoms with Gasteiger partial charge in [0.25, 0.3) is 0 Å². The fourth-order valence-electron chi connectivity index (χ4n) is 2.72. The monoisotopic (exact) mass is 370 g/mol. The van der Waals surface area contributed by atoms with E-state index in [-0.39, 0.29) is 0 Å². The van der Waals surface area contributed by atoms with E-state index in [2.05, 4.69) is 18.4 Å². The Bertz CT molecular complexity index is 696. The third-order valence-electron chi connectivity index (χ3n) is 4.20. The fraction of sp³-hybridized carbons (Fsp3) is 0.471. The summed E-state index contributed by atoms with van der Waals surface area (Å²) < 4.78 is 8.06. The van der Waals surface area contributed by atoms with Crippen molar-refractivity contribution < 1.29 is 4.74 Å². The summed E-state index contributed by atoms with van der Waals surface area (Å²) in [5, 5.41) is 2.40. The van der Waals surface area contributed by atoms with Crippen LogP contribution in [-0.2, 0) is 17.0 Å². The molecule has 1 aliphatic heterocycles. The van der Waals surface area contributed by atoms with Gasteiger partial charge in [0.2, 0.25) is 0 Å². The number of aromatic nitrogens is 2. The second-order valence-electron chi connectivity index (χ2n) is 5.84. The minimum absolute atomic E-state index is 0.306. The van der Waals surface area contributed by atoms with Crippen LogP contribution >= 0.6 is 35.0 Å². The van der Waals surface area contributed by atoms with Crippen molar-refractivity contribution in [1.29, 1.82) is 0 Å². The molecular weight excluding hydrogens is 351 g/mol. The number of imidazole rings is 1. The Morgan fingerprint density at radius 1 is 1.35 bits per heavy atom. The summed E-state index contributed by atoms with van der Waals surface area (Å²) in [5.41, 5.74) is 3.36. The molecule has 0 bridgehead atoms. The molecule has 0 aliphatic carbocycles. The first-order chi connectivity index (χ1) is 11.0. The lowest BCUT2D eigenvalue weighted by molar-refractivity contribution is 0.0945. The number of hydrogen-bond donors (Lipinski definition) is 0. The molecule has 1 atom stereocenters. The molecule has 6 heteroatoms. The lowest BCUT2D eigenvalue weighted by Crippen LogP contribution is -2.16. The second-order valence-corrected chi connectivity index (χ2v) is 7.62. The van der Waals surface area contributed by atoms with Gasteiger partial charge in [-0.25, -0.2) is 4.98 Å². The maximum atomic E-state index is 6.26. The van der Waals surface area contributed by atoms with Crippen molar-refractivity contribution in [2.75, 3.05) is 6.61 Å². The molecule has 1 aromatic heterocycles. The molecule has 1 aliphatic rings. The van der Waals surface area contributed by atoms with Gasteiger partial charge in [0, 0.05) is 28.1 Å². The standard InChI is InChI=1S/C17H20Cl2N2OS/c1-11-12(2)21(9-15-4-3-7-22-15)17(20-11)23-10-13-5-6-14(18)8-16(13)19/h5-6,8,15H,3-4,7,9-10H2,1-2H3/t15-/m0/s1. The summed E-state index contributed by atoms with van der Waals surface area (Å²) in [6.07, 6.45) is 2.59. The Kier molecular flexibility index (Phi) is 5.57. The Morgan fingerprint density at radius 3 is 2.87 bits per heavy atom. The predicted octanol–water partition coefficient (Wildman–Crippen LogP) is 5.28. The molecular formula is C17H20Cl2N2OS. The van der Waals surface area contributed by atoms with E-state index in [1.54, 1.807) is 17.8 Å². The first-order valence-electron chi connectivity index (χ1n) is 7.76. The van der Waals surface area contributed by atoms with E-state index >= 15 is 0 Å². The van der Waals surface area contributed by atoms with Crippen LogP contribution in [0, 0.1) is 13.8 Å². The first kappa shape index (κ1) is 17.2. The molecule has 0 saturated carbocycles. The number of benzene rings is 1. The smallest absolute Gasteiger partial charge is 0.168 e. The van der Waals surface area contributed by atoms with Crippen LogP contribution < -0.4 is 0 Å². The number of aryl methyl sites for hydroxylation is 1. The van der Waals surface area contributed by atoms with Gasteiger partial charge in [0.15, 0.2) is 5.16 Å². The molecule has 0 N–H and O–H groups in total. The zero-order valence-electron chi connectivity index (χ0n) is 13.3. The SMILES string of the molecule is Cc1nc(SCc2ccc(Cl)cc2Cl)n(C[C@@H]2CCCO2)c1C. The maximum Gasteiger partial charge on any atom is 0.168 e. The largest absolute Gasteiger partial charge is 0.376 e. The average molecular weight is 371 g/mol. The van der Waals surface area contributed by atoms with Crippen molar-refractivity contribution in [1.82, 2.24) is 9.55 Å². The molecule has 0 spiro atoms. The molecule has 2 heterocycles. The highest BCUT2D eigenvalue weighted by atomic mass is 35.5. The number of halogens is 2. The third-order valence-corrected chi connectivity index (χ3v) is 5.82. The summed E-state index contributed by atoms with van der Waals surface area (Å²) in [5.74, 6) is 0.775. The number of rotatable bonds is 5. The lowest BCUT2D eigenvalue weighted by atomic mass is 10.2. The van der Waals surface area contributed by atoms with E-state index in [1.807, 2.05) is 12.1 Å². The van der Waals surface area contributed by atoms with E-state index in [1.165, 1.54) is 5.69 Å². The normalized spacial score (nSPS) is 17.8. The quantitative estimate of drug-likeness (QED) is 0.670. The van der Waals surface area contributed by atoms with E-state index in [0.717, 1.165) is 48.2 Å². The summed E-state index contributed by atoms with van der Waals surface area (Å²) in [6.45, 7) is 5.93. The van der Waals surface area contributed by atoms with Gasteiger partial charge in [0.05, 0.1) is 18.3 Å². The van der Waals surface area contributed by atoms with Crippen molar-refractivity contribution >= 4 is 35.0 Å². The topological polar surface area (TPSA) is 27.1 Å². The number of nitrogens with zero attached hydrogens (tertiary/aromatic N) is 2. The van der Waals surface area contributed by atoms with E-state index in [4.69, 9.17) is 32.9 Å². The van der Waals surface area contributed by atoms with Gasteiger partial charge in [-0.15, -0.1) is 0 Å². The Morgan fingerprint density at radius 2 is 2.17 bits per heavy atom. The molecule has 1 saturated heterocycles. The molecule has 3 nitrogen and oxygen atoms in total. The van der Waals surface area contributed by atoms with Crippen LogP contribution in [-0.4, -0.2) is 22.3 Å². The summed E-state index contributed by atoms with van der Waals surface area (Å²) in [4.78, 5) is 4.72. The molecule has 1 fully saturated rings. The number of hydrogen-bond acceptors (Lipinski definition) is 3. The number of ether oxygens (including phenoxy) is 1. The Hall–Kier alpha value is -0.680. The van der Waals surface area contributed by atoms with Crippen LogP contribution in [0.5, 0.6) is 0 Å². The molecule has 23 heavy (non-hydrogen) atoms. The van der Waals surface area contributed by atoms with Crippen molar-refractivity contribution in [3.05, 3.63) is 45.2 Å². The van der Waals surface area contributed by atoms with Crippen LogP contribution in [0.25, 0.3) is 0 Å². The van der Waals surface area contributed by atoms with Crippen molar-refractivity contribution in [3.63, 3.8) is 0 Å². The molecule has 0 radical (unpaired) electrons. The highest BCUT2D eigenvalue weighted by molar-refractivity contribution is 7.98. The zero-order chi connectivity index (χ0) is 16.4. The highest BCUT2D eigenvalue weighted by Gasteiger charge is 2.20. The van der Waals surface area contributed by atoms with Gasteiger partial charge in [0.1, 0.15) is 0 Å². The van der Waals surface area contributed by atoms with Crippen LogP contribution in [0.15, 0.2) is 23.4 Å². The Labute approximate surface area is 151 Å². The van der Waals surface area contributed by atoms with Crippen LogP contribution in [0.3, 0.4) is 0 Å². The molecule has 2 aromatic rings. The van der Waals surface area contributed by atoms with Gasteiger partial charge >= 0.3 is 0 Å². The van der Waals surface area contributed by atoms with Crippen LogP contribution in [0.4, 0.5) is 0 Å². The van der Waals surface area contributed by atoms with Gasteiger partial charge in [-0.2, -0.15) is 0 Å². The summed E-state index contributed by atoms with van der Waals surface area (Å²) in [7, 11) is 0. The van der Waals surface area contributed by atoms with Crippen molar-refractivity contribution in [3.8, 4) is 0 Å². The fourth-order valence-corrected chi connectivity index (χ4v) is 4.38. The van der Waals surface area contributed by atoms with Crippen LogP contribution in [0.1, 0.15) is 29.8 Å². The lowest BCUT2D eigenvalue weighted by Gasteiger charge is -2.14. The van der Waals surface area contributed by atoms with E-state index < -0.39 is 0 Å². The van der Waals surface area contributed by atoms with Gasteiger partial charge < -0.3 is 9.30 Å². The Balaban J connectivity index is 1.75. The predicted molar refractivity (Wildman–Crippen MR) is 96.7 cm³/mol. The third kappa shape index (κ3) is 4.05. The molecule has 0 amide bonds. The second kappa shape index (κ2) is 7.47.